The average molecular weight is 312 g/mol. The third-order valence-electron chi connectivity index (χ3n) is 2.13. The molecule has 0 spiro atoms. The van der Waals surface area contributed by atoms with E-state index >= 15 is 0 Å². The van der Waals surface area contributed by atoms with Crippen LogP contribution < -0.4 is 5.32 Å². The Morgan fingerprint density at radius 1 is 1.44 bits per heavy atom. The van der Waals surface area contributed by atoms with Crippen LogP contribution in [0.25, 0.3) is 6.08 Å². The molecule has 4 nitrogen and oxygen atoms in total. The first-order valence-electron chi connectivity index (χ1n) is 5.40. The quantitative estimate of drug-likeness (QED) is 0.669. The van der Waals surface area contributed by atoms with Crippen molar-refractivity contribution in [1.29, 1.82) is 0 Å². The Morgan fingerprint density at radius 3 is 2.89 bits per heavy atom. The van der Waals surface area contributed by atoms with Gasteiger partial charge in [0.25, 0.3) is 0 Å². The van der Waals surface area contributed by atoms with Gasteiger partial charge in [-0.1, -0.05) is 28.1 Å². The van der Waals surface area contributed by atoms with Crippen LogP contribution in [-0.2, 0) is 14.3 Å². The smallest absolute Gasteiger partial charge is 0.307 e. The second-order valence-electron chi connectivity index (χ2n) is 3.51. The summed E-state index contributed by atoms with van der Waals surface area (Å²) in [5, 5.41) is 2.59. The van der Waals surface area contributed by atoms with Gasteiger partial charge in [-0.05, 0) is 23.8 Å². The van der Waals surface area contributed by atoms with Crippen molar-refractivity contribution in [2.45, 2.75) is 6.42 Å². The summed E-state index contributed by atoms with van der Waals surface area (Å²) in [4.78, 5) is 22.2. The molecule has 0 heterocycles. The number of hydrogen-bond donors (Lipinski definition) is 1. The Labute approximate surface area is 114 Å². The van der Waals surface area contributed by atoms with Crippen LogP contribution in [0.1, 0.15) is 12.0 Å². The number of hydrogen-bond acceptors (Lipinski definition) is 3. The maximum absolute atomic E-state index is 11.4. The van der Waals surface area contributed by atoms with Crippen LogP contribution in [-0.4, -0.2) is 25.5 Å². The van der Waals surface area contributed by atoms with Crippen LogP contribution in [0.4, 0.5) is 0 Å². The first-order chi connectivity index (χ1) is 8.61. The number of amides is 1. The van der Waals surface area contributed by atoms with Gasteiger partial charge >= 0.3 is 5.97 Å². The van der Waals surface area contributed by atoms with Crippen LogP contribution in [0.3, 0.4) is 0 Å². The molecule has 1 aromatic carbocycles. The molecule has 1 rings (SSSR count). The minimum atomic E-state index is -0.341. The average Bonchev–Trinajstić information content (AvgIpc) is 2.36. The molecule has 0 saturated heterocycles. The van der Waals surface area contributed by atoms with Crippen LogP contribution >= 0.6 is 15.9 Å². The minimum absolute atomic E-state index is 0.174. The van der Waals surface area contributed by atoms with Crippen LogP contribution in [0, 0.1) is 0 Å². The monoisotopic (exact) mass is 311 g/mol. The molecular weight excluding hydrogens is 298 g/mol. The van der Waals surface area contributed by atoms with Gasteiger partial charge in [-0.25, -0.2) is 0 Å². The van der Waals surface area contributed by atoms with E-state index in [4.69, 9.17) is 0 Å². The minimum Gasteiger partial charge on any atom is -0.469 e. The number of rotatable bonds is 5. The SMILES string of the molecule is COC(=O)CCNC(=O)/C=C/c1cccc(Br)c1. The summed E-state index contributed by atoms with van der Waals surface area (Å²) in [6.45, 7) is 0.272. The summed E-state index contributed by atoms with van der Waals surface area (Å²) in [7, 11) is 1.32. The van der Waals surface area contributed by atoms with E-state index in [0.29, 0.717) is 0 Å². The summed E-state index contributed by atoms with van der Waals surface area (Å²) < 4.78 is 5.42. The highest BCUT2D eigenvalue weighted by atomic mass is 79.9. The van der Waals surface area contributed by atoms with Crippen molar-refractivity contribution in [3.63, 3.8) is 0 Å². The van der Waals surface area contributed by atoms with Crippen molar-refractivity contribution in [1.82, 2.24) is 5.32 Å². The lowest BCUT2D eigenvalue weighted by molar-refractivity contribution is -0.140. The molecule has 0 unspecified atom stereocenters. The molecule has 1 aromatic rings. The molecule has 0 aliphatic heterocycles. The highest BCUT2D eigenvalue weighted by Gasteiger charge is 2.00. The molecule has 0 saturated carbocycles. The predicted octanol–water partition coefficient (Wildman–Crippen LogP) is 2.14. The van der Waals surface area contributed by atoms with E-state index in [2.05, 4.69) is 26.0 Å². The van der Waals surface area contributed by atoms with E-state index in [1.54, 1.807) is 6.08 Å². The molecule has 0 radical (unpaired) electrons. The van der Waals surface area contributed by atoms with Crippen molar-refractivity contribution in [2.24, 2.45) is 0 Å². The molecule has 1 N–H and O–H groups in total. The van der Waals surface area contributed by atoms with Crippen LogP contribution in [0.2, 0.25) is 0 Å². The maximum Gasteiger partial charge on any atom is 0.307 e. The van der Waals surface area contributed by atoms with E-state index in [0.717, 1.165) is 10.0 Å². The number of benzene rings is 1. The van der Waals surface area contributed by atoms with Crippen molar-refractivity contribution >= 4 is 33.9 Å². The molecule has 0 fully saturated rings. The maximum atomic E-state index is 11.4. The first kappa shape index (κ1) is 14.4. The second-order valence-corrected chi connectivity index (χ2v) is 4.42. The van der Waals surface area contributed by atoms with E-state index in [-0.39, 0.29) is 24.8 Å². The van der Waals surface area contributed by atoms with Crippen LogP contribution in [0.15, 0.2) is 34.8 Å². The highest BCUT2D eigenvalue weighted by molar-refractivity contribution is 9.10. The molecule has 0 aromatic heterocycles. The molecule has 0 aliphatic rings. The van der Waals surface area contributed by atoms with E-state index < -0.39 is 0 Å². The standard InChI is InChI=1S/C13H14BrNO3/c1-18-13(17)7-8-15-12(16)6-5-10-3-2-4-11(14)9-10/h2-6,9H,7-8H2,1H3,(H,15,16)/b6-5+. The third-order valence-corrected chi connectivity index (χ3v) is 2.63. The molecule has 0 atom stereocenters. The Kier molecular flexibility index (Phi) is 6.14. The van der Waals surface area contributed by atoms with Gasteiger partial charge in [0.05, 0.1) is 13.5 Å². The van der Waals surface area contributed by atoms with Crippen molar-refractivity contribution in [2.75, 3.05) is 13.7 Å². The number of halogens is 1. The zero-order valence-corrected chi connectivity index (χ0v) is 11.6. The lowest BCUT2D eigenvalue weighted by Crippen LogP contribution is -2.24. The molecular formula is C13H14BrNO3. The predicted molar refractivity (Wildman–Crippen MR) is 72.8 cm³/mol. The largest absolute Gasteiger partial charge is 0.469 e. The van der Waals surface area contributed by atoms with E-state index in [1.807, 2.05) is 24.3 Å². The van der Waals surface area contributed by atoms with Gasteiger partial charge in [-0.15, -0.1) is 0 Å². The lowest BCUT2D eigenvalue weighted by atomic mass is 10.2. The zero-order valence-electron chi connectivity index (χ0n) is 9.98. The number of carbonyl (C=O) groups is 2. The second kappa shape index (κ2) is 7.66. The fraction of sp³-hybridized carbons (Fsp3) is 0.231. The van der Waals surface area contributed by atoms with Crippen LogP contribution in [0.5, 0.6) is 0 Å². The highest BCUT2D eigenvalue weighted by Crippen LogP contribution is 2.12. The summed E-state index contributed by atoms with van der Waals surface area (Å²) in [6, 6.07) is 7.59. The number of nitrogens with one attached hydrogen (secondary N) is 1. The molecule has 18 heavy (non-hydrogen) atoms. The Hall–Kier alpha value is -1.62. The number of carbonyl (C=O) groups excluding carboxylic acids is 2. The van der Waals surface area contributed by atoms with Crippen molar-refractivity contribution in [3.8, 4) is 0 Å². The van der Waals surface area contributed by atoms with Crippen molar-refractivity contribution < 1.29 is 14.3 Å². The van der Waals surface area contributed by atoms with Gasteiger partial charge in [-0.2, -0.15) is 0 Å². The van der Waals surface area contributed by atoms with Gasteiger partial charge in [0.2, 0.25) is 5.91 Å². The van der Waals surface area contributed by atoms with Gasteiger partial charge in [0.1, 0.15) is 0 Å². The molecule has 5 heteroatoms. The molecule has 0 aliphatic carbocycles. The summed E-state index contributed by atoms with van der Waals surface area (Å²) >= 11 is 3.35. The zero-order chi connectivity index (χ0) is 13.4. The molecule has 0 bridgehead atoms. The Balaban J connectivity index is 2.38. The van der Waals surface area contributed by atoms with Crippen molar-refractivity contribution in [3.05, 3.63) is 40.4 Å². The van der Waals surface area contributed by atoms with Gasteiger partial charge in [0.15, 0.2) is 0 Å². The first-order valence-corrected chi connectivity index (χ1v) is 6.19. The topological polar surface area (TPSA) is 55.4 Å². The normalized spacial score (nSPS) is 10.3. The van der Waals surface area contributed by atoms with Gasteiger partial charge in [0, 0.05) is 17.1 Å². The number of methoxy groups -OCH3 is 1. The number of ether oxygens (including phenoxy) is 1. The number of esters is 1. The van der Waals surface area contributed by atoms with E-state index in [1.165, 1.54) is 13.2 Å². The Bertz CT molecular complexity index is 457. The summed E-state index contributed by atoms with van der Waals surface area (Å²) in [5.41, 5.74) is 0.924. The summed E-state index contributed by atoms with van der Waals surface area (Å²) in [6.07, 6.45) is 3.31. The summed E-state index contributed by atoms with van der Waals surface area (Å²) in [5.74, 6) is -0.579. The molecule has 1 amide bonds. The Morgan fingerprint density at radius 2 is 2.22 bits per heavy atom. The van der Waals surface area contributed by atoms with Gasteiger partial charge in [-0.3, -0.25) is 9.59 Å². The fourth-order valence-electron chi connectivity index (χ4n) is 1.23. The van der Waals surface area contributed by atoms with Gasteiger partial charge < -0.3 is 10.1 Å². The molecule has 96 valence electrons. The fourth-order valence-corrected chi connectivity index (χ4v) is 1.65. The lowest BCUT2D eigenvalue weighted by Gasteiger charge is -2.00. The van der Waals surface area contributed by atoms with E-state index in [9.17, 15) is 9.59 Å². The third kappa shape index (κ3) is 5.63.